The molecule has 1 aliphatic heterocycles. The Morgan fingerprint density at radius 2 is 2.20 bits per heavy atom. The Bertz CT molecular complexity index is 137. The van der Waals surface area contributed by atoms with E-state index in [0.29, 0.717) is 0 Å². The highest BCUT2D eigenvalue weighted by atomic mass is 16.8. The second-order valence-electron chi connectivity index (χ2n) is 3.19. The largest absolute Gasteiger partial charge is 0.341 e. The van der Waals surface area contributed by atoms with Crippen LogP contribution in [0.15, 0.2) is 12.3 Å². The van der Waals surface area contributed by atoms with E-state index in [-0.39, 0.29) is 11.9 Å². The summed E-state index contributed by atoms with van der Waals surface area (Å²) < 4.78 is 5.43. The summed E-state index contributed by atoms with van der Waals surface area (Å²) >= 11 is 0. The third kappa shape index (κ3) is 2.37. The molecule has 0 amide bonds. The zero-order valence-corrected chi connectivity index (χ0v) is 6.55. The molecule has 0 spiro atoms. The minimum Gasteiger partial charge on any atom is -0.341 e. The Hall–Kier alpha value is -0.540. The molecular formula is C7H13NO2. The Kier molecular flexibility index (Phi) is 1.97. The van der Waals surface area contributed by atoms with Crippen molar-refractivity contribution in [2.24, 2.45) is 0 Å². The molecule has 0 aliphatic carbocycles. The summed E-state index contributed by atoms with van der Waals surface area (Å²) in [6, 6.07) is 0. The molecular weight excluding hydrogens is 130 g/mol. The highest BCUT2D eigenvalue weighted by Gasteiger charge is 2.18. The maximum atomic E-state index is 5.43. The molecule has 3 nitrogen and oxygen atoms in total. The number of rotatable bonds is 1. The molecule has 0 radical (unpaired) electrons. The molecule has 1 aliphatic rings. The molecule has 0 aromatic carbocycles. The summed E-state index contributed by atoms with van der Waals surface area (Å²) in [5.74, 6) is 0. The fraction of sp³-hybridized carbons (Fsp3) is 0.714. The average Bonchev–Trinajstić information content (AvgIpc) is 2.12. The van der Waals surface area contributed by atoms with Gasteiger partial charge in [-0.1, -0.05) is 0 Å². The van der Waals surface area contributed by atoms with E-state index in [2.05, 4.69) is 5.48 Å². The van der Waals surface area contributed by atoms with Gasteiger partial charge in [-0.15, -0.1) is 0 Å². The van der Waals surface area contributed by atoms with Crippen LogP contribution in [0, 0.1) is 0 Å². The highest BCUT2D eigenvalue weighted by molar-refractivity contribution is 4.87. The van der Waals surface area contributed by atoms with Crippen LogP contribution >= 0.6 is 0 Å². The van der Waals surface area contributed by atoms with Gasteiger partial charge in [0.2, 0.25) is 6.29 Å². The van der Waals surface area contributed by atoms with Crippen molar-refractivity contribution in [1.82, 2.24) is 5.48 Å². The monoisotopic (exact) mass is 143 g/mol. The van der Waals surface area contributed by atoms with Gasteiger partial charge in [-0.25, -0.2) is 4.84 Å². The smallest absolute Gasteiger partial charge is 0.204 e. The molecule has 0 bridgehead atoms. The van der Waals surface area contributed by atoms with Crippen molar-refractivity contribution in [2.45, 2.75) is 32.7 Å². The van der Waals surface area contributed by atoms with Crippen LogP contribution in [0.3, 0.4) is 0 Å². The van der Waals surface area contributed by atoms with Gasteiger partial charge >= 0.3 is 0 Å². The van der Waals surface area contributed by atoms with Gasteiger partial charge in [0.05, 0.1) is 5.60 Å². The van der Waals surface area contributed by atoms with Gasteiger partial charge in [0.1, 0.15) is 0 Å². The number of hydroxylamine groups is 1. The van der Waals surface area contributed by atoms with Gasteiger partial charge in [0, 0.05) is 6.20 Å². The second-order valence-corrected chi connectivity index (χ2v) is 3.19. The van der Waals surface area contributed by atoms with Gasteiger partial charge in [-0.3, -0.25) is 5.48 Å². The zero-order valence-electron chi connectivity index (χ0n) is 6.55. The lowest BCUT2D eigenvalue weighted by molar-refractivity contribution is -0.178. The van der Waals surface area contributed by atoms with Crippen molar-refractivity contribution in [1.29, 1.82) is 0 Å². The van der Waals surface area contributed by atoms with Gasteiger partial charge < -0.3 is 4.74 Å². The summed E-state index contributed by atoms with van der Waals surface area (Å²) in [5.41, 5.74) is 2.44. The lowest BCUT2D eigenvalue weighted by Gasteiger charge is -2.22. The molecule has 0 fully saturated rings. The predicted octanol–water partition coefficient (Wildman–Crippen LogP) is 1.18. The number of nitrogens with one attached hydrogen (secondary N) is 1. The first kappa shape index (κ1) is 7.57. The van der Waals surface area contributed by atoms with Gasteiger partial charge in [0.25, 0.3) is 0 Å². The molecule has 3 heteroatoms. The summed E-state index contributed by atoms with van der Waals surface area (Å²) in [7, 11) is 0. The van der Waals surface area contributed by atoms with E-state index in [9.17, 15) is 0 Å². The van der Waals surface area contributed by atoms with Crippen molar-refractivity contribution in [2.75, 3.05) is 0 Å². The van der Waals surface area contributed by atoms with Crippen molar-refractivity contribution in [3.63, 3.8) is 0 Å². The van der Waals surface area contributed by atoms with Gasteiger partial charge in [0.15, 0.2) is 0 Å². The first-order valence-electron chi connectivity index (χ1n) is 3.33. The summed E-state index contributed by atoms with van der Waals surface area (Å²) in [4.78, 5) is 4.95. The zero-order chi connectivity index (χ0) is 7.61. The topological polar surface area (TPSA) is 30.5 Å². The minimum absolute atomic E-state index is 0.152. The van der Waals surface area contributed by atoms with Crippen LogP contribution in [0.4, 0.5) is 0 Å². The third-order valence-electron chi connectivity index (χ3n) is 0.975. The lowest BCUT2D eigenvalue weighted by Crippen LogP contribution is -2.27. The number of hydrogen-bond acceptors (Lipinski definition) is 3. The van der Waals surface area contributed by atoms with Crippen LogP contribution in [0.25, 0.3) is 0 Å². The molecule has 1 atom stereocenters. The second kappa shape index (κ2) is 2.60. The van der Waals surface area contributed by atoms with E-state index >= 15 is 0 Å². The van der Waals surface area contributed by atoms with Gasteiger partial charge in [-0.05, 0) is 26.8 Å². The molecule has 0 saturated carbocycles. The number of hydrogen-bond donors (Lipinski definition) is 1. The van der Waals surface area contributed by atoms with Crippen LogP contribution in [-0.2, 0) is 9.57 Å². The molecule has 0 saturated heterocycles. The van der Waals surface area contributed by atoms with E-state index in [1.165, 1.54) is 0 Å². The maximum Gasteiger partial charge on any atom is 0.204 e. The summed E-state index contributed by atoms with van der Waals surface area (Å²) in [6.07, 6.45) is 3.31. The fourth-order valence-corrected chi connectivity index (χ4v) is 0.675. The Labute approximate surface area is 61.0 Å². The first-order valence-corrected chi connectivity index (χ1v) is 3.33. The van der Waals surface area contributed by atoms with Crippen molar-refractivity contribution in [3.05, 3.63) is 12.3 Å². The standard InChI is InChI=1S/C7H13NO2/c1-7(2,3)9-6-4-5-8-10-6/h4-6,8H,1-3H3. The fourth-order valence-electron chi connectivity index (χ4n) is 0.675. The van der Waals surface area contributed by atoms with Gasteiger partial charge in [-0.2, -0.15) is 0 Å². The molecule has 10 heavy (non-hydrogen) atoms. The number of ether oxygens (including phenoxy) is 1. The van der Waals surface area contributed by atoms with Crippen LogP contribution in [0.1, 0.15) is 20.8 Å². The van der Waals surface area contributed by atoms with Crippen LogP contribution in [0.5, 0.6) is 0 Å². The van der Waals surface area contributed by atoms with Crippen LogP contribution < -0.4 is 5.48 Å². The molecule has 1 N–H and O–H groups in total. The van der Waals surface area contributed by atoms with Crippen LogP contribution in [0.2, 0.25) is 0 Å². The summed E-state index contributed by atoms with van der Waals surface area (Å²) in [5, 5.41) is 0. The van der Waals surface area contributed by atoms with E-state index < -0.39 is 0 Å². The minimum atomic E-state index is -0.236. The van der Waals surface area contributed by atoms with E-state index in [1.54, 1.807) is 6.20 Å². The Morgan fingerprint density at radius 1 is 1.50 bits per heavy atom. The lowest BCUT2D eigenvalue weighted by atomic mass is 10.2. The summed E-state index contributed by atoms with van der Waals surface area (Å²) in [6.45, 7) is 5.97. The molecule has 1 unspecified atom stereocenters. The normalized spacial score (nSPS) is 24.9. The highest BCUT2D eigenvalue weighted by Crippen LogP contribution is 2.13. The molecule has 0 aromatic heterocycles. The molecule has 0 aromatic rings. The SMILES string of the molecule is CC(C)(C)OC1C=CNO1. The van der Waals surface area contributed by atoms with Crippen LogP contribution in [-0.4, -0.2) is 11.9 Å². The van der Waals surface area contributed by atoms with Crippen molar-refractivity contribution in [3.8, 4) is 0 Å². The third-order valence-corrected chi connectivity index (χ3v) is 0.975. The van der Waals surface area contributed by atoms with Crippen molar-refractivity contribution >= 4 is 0 Å². The maximum absolute atomic E-state index is 5.43. The molecule has 1 heterocycles. The first-order chi connectivity index (χ1) is 4.58. The average molecular weight is 143 g/mol. The van der Waals surface area contributed by atoms with Crippen molar-refractivity contribution < 1.29 is 9.57 Å². The molecule has 58 valence electrons. The van der Waals surface area contributed by atoms with E-state index in [4.69, 9.17) is 9.57 Å². The van der Waals surface area contributed by atoms with E-state index in [0.717, 1.165) is 0 Å². The Morgan fingerprint density at radius 3 is 2.60 bits per heavy atom. The van der Waals surface area contributed by atoms with E-state index in [1.807, 2.05) is 26.8 Å². The predicted molar refractivity (Wildman–Crippen MR) is 38.0 cm³/mol. The molecule has 1 rings (SSSR count). The Balaban J connectivity index is 2.31. The quantitative estimate of drug-likeness (QED) is 0.597.